The Labute approximate surface area is 132 Å². The summed E-state index contributed by atoms with van der Waals surface area (Å²) in [5, 5.41) is 16.3. The van der Waals surface area contributed by atoms with Crippen molar-refractivity contribution in [2.45, 2.75) is 19.3 Å². The standard InChI is InChI=1S/C16H16N4O3/c21-14(16(15(22)23)6-2-1-3-7-16)19-12-10-18-20(11-12)13-4-8-17-9-5-13/h1-2,4-5,8-11H,3,6-7H2,(H,19,21)(H,22,23). The molecule has 2 N–H and O–H groups in total. The predicted molar refractivity (Wildman–Crippen MR) is 83.0 cm³/mol. The minimum absolute atomic E-state index is 0.201. The third kappa shape index (κ3) is 2.85. The largest absolute Gasteiger partial charge is 0.480 e. The molecule has 23 heavy (non-hydrogen) atoms. The second-order valence-electron chi connectivity index (χ2n) is 5.43. The SMILES string of the molecule is O=C(O)C1(C(=O)Nc2cnn(-c3ccncc3)c2)CC=CCC1. The Morgan fingerprint density at radius 3 is 2.70 bits per heavy atom. The van der Waals surface area contributed by atoms with Crippen molar-refractivity contribution in [3.8, 4) is 5.69 Å². The van der Waals surface area contributed by atoms with Gasteiger partial charge in [-0.05, 0) is 31.4 Å². The summed E-state index contributed by atoms with van der Waals surface area (Å²) in [5.74, 6) is -1.61. The monoisotopic (exact) mass is 312 g/mol. The number of pyridine rings is 1. The van der Waals surface area contributed by atoms with Gasteiger partial charge < -0.3 is 10.4 Å². The van der Waals surface area contributed by atoms with E-state index in [4.69, 9.17) is 0 Å². The van der Waals surface area contributed by atoms with Crippen LogP contribution in [-0.4, -0.2) is 31.7 Å². The molecule has 7 heteroatoms. The van der Waals surface area contributed by atoms with Crippen LogP contribution < -0.4 is 5.32 Å². The summed E-state index contributed by atoms with van der Waals surface area (Å²) >= 11 is 0. The van der Waals surface area contributed by atoms with Crippen molar-refractivity contribution in [1.29, 1.82) is 0 Å². The smallest absolute Gasteiger partial charge is 0.319 e. The van der Waals surface area contributed by atoms with Crippen molar-refractivity contribution >= 4 is 17.6 Å². The average Bonchev–Trinajstić information content (AvgIpc) is 3.04. The maximum atomic E-state index is 12.5. The molecule has 1 unspecified atom stereocenters. The average molecular weight is 312 g/mol. The molecule has 1 aliphatic carbocycles. The second kappa shape index (κ2) is 6.04. The lowest BCUT2D eigenvalue weighted by molar-refractivity contribution is -0.154. The van der Waals surface area contributed by atoms with Gasteiger partial charge in [0.2, 0.25) is 5.91 Å². The van der Waals surface area contributed by atoms with Gasteiger partial charge in [0.25, 0.3) is 0 Å². The van der Waals surface area contributed by atoms with Crippen LogP contribution in [0.15, 0.2) is 49.1 Å². The zero-order valence-corrected chi connectivity index (χ0v) is 12.3. The van der Waals surface area contributed by atoms with Crippen LogP contribution in [0.4, 0.5) is 5.69 Å². The first-order chi connectivity index (χ1) is 11.1. The molecule has 2 aromatic rings. The quantitative estimate of drug-likeness (QED) is 0.665. The van der Waals surface area contributed by atoms with Crippen LogP contribution in [0, 0.1) is 5.41 Å². The molecule has 0 saturated heterocycles. The molecule has 0 aliphatic heterocycles. The number of nitrogens with one attached hydrogen (secondary N) is 1. The molecule has 2 aromatic heterocycles. The first-order valence-electron chi connectivity index (χ1n) is 7.27. The fourth-order valence-corrected chi connectivity index (χ4v) is 2.61. The molecule has 0 aromatic carbocycles. The Balaban J connectivity index is 1.79. The minimum Gasteiger partial charge on any atom is -0.480 e. The molecular formula is C16H16N4O3. The topological polar surface area (TPSA) is 97.1 Å². The van der Waals surface area contributed by atoms with E-state index in [1.165, 1.54) is 6.20 Å². The fourth-order valence-electron chi connectivity index (χ4n) is 2.61. The van der Waals surface area contributed by atoms with Crippen LogP contribution in [0.25, 0.3) is 5.69 Å². The Bertz CT molecular complexity index is 754. The van der Waals surface area contributed by atoms with Gasteiger partial charge in [-0.1, -0.05) is 12.2 Å². The number of aliphatic carboxylic acids is 1. The van der Waals surface area contributed by atoms with Crippen LogP contribution in [-0.2, 0) is 9.59 Å². The van der Waals surface area contributed by atoms with E-state index in [0.29, 0.717) is 18.5 Å². The maximum Gasteiger partial charge on any atom is 0.319 e. The van der Waals surface area contributed by atoms with Crippen LogP contribution in [0.5, 0.6) is 0 Å². The minimum atomic E-state index is -1.41. The van der Waals surface area contributed by atoms with Gasteiger partial charge in [-0.3, -0.25) is 14.6 Å². The van der Waals surface area contributed by atoms with E-state index in [0.717, 1.165) is 5.69 Å². The van der Waals surface area contributed by atoms with Gasteiger partial charge in [0, 0.05) is 12.4 Å². The van der Waals surface area contributed by atoms with Gasteiger partial charge in [-0.15, -0.1) is 0 Å². The lowest BCUT2D eigenvalue weighted by Crippen LogP contribution is -2.43. The number of hydrogen-bond donors (Lipinski definition) is 2. The molecule has 0 fully saturated rings. The van der Waals surface area contributed by atoms with Gasteiger partial charge >= 0.3 is 5.97 Å². The van der Waals surface area contributed by atoms with Gasteiger partial charge in [-0.25, -0.2) is 4.68 Å². The number of aromatic nitrogens is 3. The van der Waals surface area contributed by atoms with Crippen molar-refractivity contribution in [3.05, 3.63) is 49.1 Å². The highest BCUT2D eigenvalue weighted by molar-refractivity contribution is 6.08. The number of hydrogen-bond acceptors (Lipinski definition) is 4. The van der Waals surface area contributed by atoms with Crippen molar-refractivity contribution in [1.82, 2.24) is 14.8 Å². The second-order valence-corrected chi connectivity index (χ2v) is 5.43. The molecule has 1 amide bonds. The van der Waals surface area contributed by atoms with Crippen LogP contribution in [0.3, 0.4) is 0 Å². The number of anilines is 1. The molecule has 2 heterocycles. The molecule has 0 saturated carbocycles. The van der Waals surface area contributed by atoms with Crippen LogP contribution in [0.1, 0.15) is 19.3 Å². The number of carbonyl (C=O) groups is 2. The highest BCUT2D eigenvalue weighted by atomic mass is 16.4. The predicted octanol–water partition coefficient (Wildman–Crippen LogP) is 2.02. The molecule has 0 spiro atoms. The van der Waals surface area contributed by atoms with E-state index >= 15 is 0 Å². The van der Waals surface area contributed by atoms with E-state index in [1.54, 1.807) is 41.5 Å². The summed E-state index contributed by atoms with van der Waals surface area (Å²) in [5.41, 5.74) is -0.149. The van der Waals surface area contributed by atoms with Gasteiger partial charge in [0.15, 0.2) is 0 Å². The van der Waals surface area contributed by atoms with Crippen molar-refractivity contribution in [2.24, 2.45) is 5.41 Å². The van der Waals surface area contributed by atoms with E-state index in [2.05, 4.69) is 15.4 Å². The van der Waals surface area contributed by atoms with Crippen molar-refractivity contribution in [3.63, 3.8) is 0 Å². The number of carboxylic acids is 1. The lowest BCUT2D eigenvalue weighted by Gasteiger charge is -2.28. The molecule has 1 aliphatic rings. The third-order valence-electron chi connectivity index (χ3n) is 3.98. The van der Waals surface area contributed by atoms with Gasteiger partial charge in [0.1, 0.15) is 5.41 Å². The van der Waals surface area contributed by atoms with Crippen LogP contribution in [0.2, 0.25) is 0 Å². The number of nitrogens with zero attached hydrogens (tertiary/aromatic N) is 3. The summed E-state index contributed by atoms with van der Waals surface area (Å²) in [6, 6.07) is 3.56. The molecule has 0 bridgehead atoms. The molecule has 118 valence electrons. The number of carboxylic acid groups (broad SMARTS) is 1. The third-order valence-corrected chi connectivity index (χ3v) is 3.98. The Hall–Kier alpha value is -2.96. The van der Waals surface area contributed by atoms with E-state index in [-0.39, 0.29) is 6.42 Å². The molecule has 3 rings (SSSR count). The van der Waals surface area contributed by atoms with Crippen molar-refractivity contribution < 1.29 is 14.7 Å². The molecular weight excluding hydrogens is 296 g/mol. The molecule has 1 atom stereocenters. The number of carbonyl (C=O) groups excluding carboxylic acids is 1. The van der Waals surface area contributed by atoms with E-state index in [1.807, 2.05) is 6.08 Å². The highest BCUT2D eigenvalue weighted by Gasteiger charge is 2.45. The van der Waals surface area contributed by atoms with E-state index < -0.39 is 17.3 Å². The summed E-state index contributed by atoms with van der Waals surface area (Å²) in [7, 11) is 0. The molecule has 7 nitrogen and oxygen atoms in total. The first kappa shape index (κ1) is 15.0. The summed E-state index contributed by atoms with van der Waals surface area (Å²) in [4.78, 5) is 28.0. The Morgan fingerprint density at radius 1 is 1.26 bits per heavy atom. The van der Waals surface area contributed by atoms with Crippen molar-refractivity contribution in [2.75, 3.05) is 5.32 Å². The zero-order valence-electron chi connectivity index (χ0n) is 12.3. The summed E-state index contributed by atoms with van der Waals surface area (Å²) < 4.78 is 1.59. The number of allylic oxidation sites excluding steroid dienone is 2. The summed E-state index contributed by atoms with van der Waals surface area (Å²) in [6.45, 7) is 0. The first-order valence-corrected chi connectivity index (χ1v) is 7.27. The van der Waals surface area contributed by atoms with E-state index in [9.17, 15) is 14.7 Å². The Morgan fingerprint density at radius 2 is 2.04 bits per heavy atom. The van der Waals surface area contributed by atoms with Crippen LogP contribution >= 0.6 is 0 Å². The maximum absolute atomic E-state index is 12.5. The number of rotatable bonds is 4. The zero-order chi connectivity index (χ0) is 16.3. The molecule has 0 radical (unpaired) electrons. The van der Waals surface area contributed by atoms with Gasteiger partial charge in [-0.2, -0.15) is 5.10 Å². The van der Waals surface area contributed by atoms with Gasteiger partial charge in [0.05, 0.1) is 23.8 Å². The number of amides is 1. The Kier molecular flexibility index (Phi) is 3.92. The highest BCUT2D eigenvalue weighted by Crippen LogP contribution is 2.34. The lowest BCUT2D eigenvalue weighted by atomic mass is 9.76. The summed E-state index contributed by atoms with van der Waals surface area (Å²) in [6.07, 6.45) is 11.1. The fraction of sp³-hybridized carbons (Fsp3) is 0.250. The normalized spacial score (nSPS) is 20.2.